The van der Waals surface area contributed by atoms with E-state index in [1.165, 1.54) is 32.1 Å². The molecular weight excluding hydrogens is 198 g/mol. The van der Waals surface area contributed by atoms with Crippen molar-refractivity contribution in [3.8, 4) is 0 Å². The fourth-order valence-corrected chi connectivity index (χ4v) is 1.86. The lowest BCUT2D eigenvalue weighted by Crippen LogP contribution is -2.19. The molecule has 0 fully saturated rings. The fourth-order valence-electron chi connectivity index (χ4n) is 1.86. The molecule has 1 atom stereocenters. The van der Waals surface area contributed by atoms with Crippen molar-refractivity contribution in [2.75, 3.05) is 11.1 Å². The van der Waals surface area contributed by atoms with Gasteiger partial charge in [0.25, 0.3) is 0 Å². The van der Waals surface area contributed by atoms with Crippen molar-refractivity contribution in [2.45, 2.75) is 52.0 Å². The van der Waals surface area contributed by atoms with E-state index in [4.69, 9.17) is 5.73 Å². The molecule has 3 N–H and O–H groups in total. The number of nitrogens with zero attached hydrogens (tertiary/aromatic N) is 1. The van der Waals surface area contributed by atoms with E-state index in [-0.39, 0.29) is 0 Å². The SMILES string of the molecule is CCCCC(CCC)Nc1cncc(N)c1. The van der Waals surface area contributed by atoms with Gasteiger partial charge in [-0.05, 0) is 18.9 Å². The Morgan fingerprint density at radius 3 is 2.69 bits per heavy atom. The number of hydrogen-bond donors (Lipinski definition) is 2. The van der Waals surface area contributed by atoms with Gasteiger partial charge >= 0.3 is 0 Å². The van der Waals surface area contributed by atoms with Crippen LogP contribution in [0.4, 0.5) is 11.4 Å². The molecule has 3 heteroatoms. The molecule has 1 heterocycles. The first-order chi connectivity index (χ1) is 7.76. The predicted molar refractivity (Wildman–Crippen MR) is 70.5 cm³/mol. The maximum atomic E-state index is 5.71. The van der Waals surface area contributed by atoms with Crippen molar-refractivity contribution >= 4 is 11.4 Å². The van der Waals surface area contributed by atoms with Gasteiger partial charge in [-0.25, -0.2) is 0 Å². The van der Waals surface area contributed by atoms with E-state index in [1.54, 1.807) is 6.20 Å². The Bertz CT molecular complexity index is 299. The van der Waals surface area contributed by atoms with Gasteiger partial charge in [-0.1, -0.05) is 33.1 Å². The Balaban J connectivity index is 2.52. The summed E-state index contributed by atoms with van der Waals surface area (Å²) in [6, 6.07) is 2.50. The Labute approximate surface area is 98.5 Å². The van der Waals surface area contributed by atoms with Gasteiger partial charge in [0.2, 0.25) is 0 Å². The Morgan fingerprint density at radius 1 is 1.25 bits per heavy atom. The summed E-state index contributed by atoms with van der Waals surface area (Å²) < 4.78 is 0. The monoisotopic (exact) mass is 221 g/mol. The zero-order valence-electron chi connectivity index (χ0n) is 10.4. The minimum absolute atomic E-state index is 0.550. The van der Waals surface area contributed by atoms with Crippen LogP contribution < -0.4 is 11.1 Å². The van der Waals surface area contributed by atoms with Crippen LogP contribution in [0.5, 0.6) is 0 Å². The van der Waals surface area contributed by atoms with E-state index in [9.17, 15) is 0 Å². The van der Waals surface area contributed by atoms with Crippen molar-refractivity contribution in [1.82, 2.24) is 4.98 Å². The largest absolute Gasteiger partial charge is 0.397 e. The highest BCUT2D eigenvalue weighted by Crippen LogP contribution is 2.16. The molecule has 0 saturated heterocycles. The second kappa shape index (κ2) is 7.09. The number of aromatic nitrogens is 1. The molecule has 3 nitrogen and oxygen atoms in total. The van der Waals surface area contributed by atoms with E-state index in [0.717, 1.165) is 11.4 Å². The quantitative estimate of drug-likeness (QED) is 0.741. The molecule has 1 unspecified atom stereocenters. The average Bonchev–Trinajstić information content (AvgIpc) is 2.26. The summed E-state index contributed by atoms with van der Waals surface area (Å²) in [6.45, 7) is 4.45. The Kier molecular flexibility index (Phi) is 5.68. The summed E-state index contributed by atoms with van der Waals surface area (Å²) in [6.07, 6.45) is 9.66. The third-order valence-electron chi connectivity index (χ3n) is 2.67. The molecule has 0 aliphatic rings. The minimum Gasteiger partial charge on any atom is -0.397 e. The number of rotatable bonds is 7. The van der Waals surface area contributed by atoms with Gasteiger partial charge in [-0.2, -0.15) is 0 Å². The van der Waals surface area contributed by atoms with Crippen LogP contribution in [0.15, 0.2) is 18.5 Å². The summed E-state index contributed by atoms with van der Waals surface area (Å²) in [4.78, 5) is 4.09. The second-order valence-electron chi connectivity index (χ2n) is 4.28. The topological polar surface area (TPSA) is 50.9 Å². The summed E-state index contributed by atoms with van der Waals surface area (Å²) in [7, 11) is 0. The van der Waals surface area contributed by atoms with Crippen LogP contribution in [0.2, 0.25) is 0 Å². The van der Waals surface area contributed by atoms with E-state index < -0.39 is 0 Å². The first kappa shape index (κ1) is 12.8. The van der Waals surface area contributed by atoms with E-state index in [2.05, 4.69) is 24.1 Å². The number of anilines is 2. The van der Waals surface area contributed by atoms with Gasteiger partial charge in [-0.15, -0.1) is 0 Å². The van der Waals surface area contributed by atoms with E-state index >= 15 is 0 Å². The average molecular weight is 221 g/mol. The summed E-state index contributed by atoms with van der Waals surface area (Å²) in [5, 5.41) is 3.51. The standard InChI is InChI=1S/C13H23N3/c1-3-5-7-12(6-4-2)16-13-8-11(14)9-15-10-13/h8-10,12,16H,3-7,14H2,1-2H3. The van der Waals surface area contributed by atoms with Gasteiger partial charge in [0.05, 0.1) is 17.6 Å². The third-order valence-corrected chi connectivity index (χ3v) is 2.67. The molecule has 0 aliphatic heterocycles. The van der Waals surface area contributed by atoms with Crippen molar-refractivity contribution in [1.29, 1.82) is 0 Å². The molecule has 0 radical (unpaired) electrons. The number of nitrogens with one attached hydrogen (secondary N) is 1. The first-order valence-electron chi connectivity index (χ1n) is 6.23. The van der Waals surface area contributed by atoms with Crippen LogP contribution in [-0.4, -0.2) is 11.0 Å². The maximum absolute atomic E-state index is 5.71. The molecule has 0 saturated carbocycles. The normalized spacial score (nSPS) is 12.4. The van der Waals surface area contributed by atoms with Gasteiger partial charge in [-0.3, -0.25) is 4.98 Å². The van der Waals surface area contributed by atoms with Crippen LogP contribution >= 0.6 is 0 Å². The van der Waals surface area contributed by atoms with Crippen molar-refractivity contribution in [3.05, 3.63) is 18.5 Å². The van der Waals surface area contributed by atoms with Gasteiger partial charge in [0.15, 0.2) is 0 Å². The number of hydrogen-bond acceptors (Lipinski definition) is 3. The molecule has 0 aliphatic carbocycles. The summed E-state index contributed by atoms with van der Waals surface area (Å²) in [5.74, 6) is 0. The molecule has 1 aromatic rings. The number of nitrogen functional groups attached to an aromatic ring is 1. The van der Waals surface area contributed by atoms with Crippen molar-refractivity contribution in [2.24, 2.45) is 0 Å². The fraction of sp³-hybridized carbons (Fsp3) is 0.615. The number of nitrogens with two attached hydrogens (primary N) is 1. The molecular formula is C13H23N3. The van der Waals surface area contributed by atoms with Crippen LogP contribution in [0.25, 0.3) is 0 Å². The molecule has 0 amide bonds. The van der Waals surface area contributed by atoms with Crippen LogP contribution in [0.3, 0.4) is 0 Å². The highest BCUT2D eigenvalue weighted by atomic mass is 14.9. The van der Waals surface area contributed by atoms with Crippen LogP contribution in [-0.2, 0) is 0 Å². The summed E-state index contributed by atoms with van der Waals surface area (Å²) in [5.41, 5.74) is 7.46. The zero-order chi connectivity index (χ0) is 11.8. The van der Waals surface area contributed by atoms with Crippen LogP contribution in [0.1, 0.15) is 46.0 Å². The Morgan fingerprint density at radius 2 is 2.06 bits per heavy atom. The van der Waals surface area contributed by atoms with Crippen LogP contribution in [0, 0.1) is 0 Å². The van der Waals surface area contributed by atoms with E-state index in [0.29, 0.717) is 6.04 Å². The number of pyridine rings is 1. The van der Waals surface area contributed by atoms with Crippen molar-refractivity contribution in [3.63, 3.8) is 0 Å². The smallest absolute Gasteiger partial charge is 0.0549 e. The minimum atomic E-state index is 0.550. The number of unbranched alkanes of at least 4 members (excludes halogenated alkanes) is 1. The lowest BCUT2D eigenvalue weighted by Gasteiger charge is -2.19. The lowest BCUT2D eigenvalue weighted by atomic mass is 10.0. The summed E-state index contributed by atoms with van der Waals surface area (Å²) >= 11 is 0. The molecule has 90 valence electrons. The van der Waals surface area contributed by atoms with Crippen molar-refractivity contribution < 1.29 is 0 Å². The molecule has 0 spiro atoms. The van der Waals surface area contributed by atoms with Gasteiger partial charge in [0, 0.05) is 12.2 Å². The molecule has 1 rings (SSSR count). The molecule has 16 heavy (non-hydrogen) atoms. The second-order valence-corrected chi connectivity index (χ2v) is 4.28. The van der Waals surface area contributed by atoms with E-state index in [1.807, 2.05) is 12.3 Å². The predicted octanol–water partition coefficient (Wildman–Crippen LogP) is 3.43. The first-order valence-corrected chi connectivity index (χ1v) is 6.23. The maximum Gasteiger partial charge on any atom is 0.0549 e. The lowest BCUT2D eigenvalue weighted by molar-refractivity contribution is 0.564. The highest BCUT2D eigenvalue weighted by molar-refractivity contribution is 5.51. The highest BCUT2D eigenvalue weighted by Gasteiger charge is 2.07. The molecule has 0 aromatic carbocycles. The molecule has 0 bridgehead atoms. The van der Waals surface area contributed by atoms with Gasteiger partial charge in [0.1, 0.15) is 0 Å². The molecule has 1 aromatic heterocycles. The Hall–Kier alpha value is -1.25. The zero-order valence-corrected chi connectivity index (χ0v) is 10.4. The third kappa shape index (κ3) is 4.51. The van der Waals surface area contributed by atoms with Gasteiger partial charge < -0.3 is 11.1 Å².